The standard InChI is InChI=1S/C19H28FN3O2.HI/c1-3-17(25-18-6-4-5-16(20)13-18)14-23-19(21-2)22-10-7-15-8-11-24-12-9-15;/h4-6,8,13,17H,3,7,9-12,14H2,1-2H3,(H2,21,22,23);1H. The zero-order valence-corrected chi connectivity index (χ0v) is 17.8. The van der Waals surface area contributed by atoms with E-state index in [1.165, 1.54) is 17.7 Å². The van der Waals surface area contributed by atoms with Crippen LogP contribution in [-0.2, 0) is 4.74 Å². The second-order valence-corrected chi connectivity index (χ2v) is 5.92. The van der Waals surface area contributed by atoms with Crippen LogP contribution < -0.4 is 15.4 Å². The number of nitrogens with one attached hydrogen (secondary N) is 2. The van der Waals surface area contributed by atoms with Gasteiger partial charge in [-0.15, -0.1) is 24.0 Å². The van der Waals surface area contributed by atoms with Crippen LogP contribution in [0.4, 0.5) is 4.39 Å². The first-order valence-corrected chi connectivity index (χ1v) is 8.83. The number of guanidine groups is 1. The smallest absolute Gasteiger partial charge is 0.191 e. The molecule has 1 unspecified atom stereocenters. The predicted octanol–water partition coefficient (Wildman–Crippen LogP) is 3.50. The zero-order valence-electron chi connectivity index (χ0n) is 15.5. The van der Waals surface area contributed by atoms with Gasteiger partial charge < -0.3 is 20.1 Å². The van der Waals surface area contributed by atoms with Crippen LogP contribution in [0.2, 0.25) is 0 Å². The normalized spacial score (nSPS) is 15.5. The molecule has 0 bridgehead atoms. The van der Waals surface area contributed by atoms with Crippen LogP contribution in [-0.4, -0.2) is 45.4 Å². The van der Waals surface area contributed by atoms with Crippen LogP contribution in [0.15, 0.2) is 40.9 Å². The Balaban J connectivity index is 0.00000338. The molecule has 146 valence electrons. The minimum atomic E-state index is -0.291. The molecule has 0 aromatic heterocycles. The SMILES string of the molecule is CCC(CNC(=NC)NCCC1=CCOCC1)Oc1cccc(F)c1.I. The molecular formula is C19H29FIN3O2. The molecule has 0 fully saturated rings. The third kappa shape index (κ3) is 8.35. The minimum absolute atomic E-state index is 0. The van der Waals surface area contributed by atoms with Crippen molar-refractivity contribution < 1.29 is 13.9 Å². The van der Waals surface area contributed by atoms with Crippen molar-refractivity contribution in [3.63, 3.8) is 0 Å². The van der Waals surface area contributed by atoms with Crippen molar-refractivity contribution in [1.82, 2.24) is 10.6 Å². The summed E-state index contributed by atoms with van der Waals surface area (Å²) in [5.41, 5.74) is 1.43. The third-order valence-electron chi connectivity index (χ3n) is 4.07. The van der Waals surface area contributed by atoms with Gasteiger partial charge in [-0.2, -0.15) is 0 Å². The fourth-order valence-corrected chi connectivity index (χ4v) is 2.57. The molecule has 1 heterocycles. The van der Waals surface area contributed by atoms with Crippen molar-refractivity contribution in [2.45, 2.75) is 32.3 Å². The molecule has 0 radical (unpaired) electrons. The Morgan fingerprint density at radius 3 is 2.88 bits per heavy atom. The number of aliphatic imine (C=N–C) groups is 1. The first-order valence-electron chi connectivity index (χ1n) is 8.83. The number of benzene rings is 1. The van der Waals surface area contributed by atoms with Crippen molar-refractivity contribution in [2.75, 3.05) is 33.4 Å². The molecule has 0 amide bonds. The molecule has 5 nitrogen and oxygen atoms in total. The average molecular weight is 477 g/mol. The monoisotopic (exact) mass is 477 g/mol. The van der Waals surface area contributed by atoms with Gasteiger partial charge in [-0.3, -0.25) is 4.99 Å². The number of rotatable bonds is 8. The van der Waals surface area contributed by atoms with Gasteiger partial charge in [0.1, 0.15) is 17.7 Å². The predicted molar refractivity (Wildman–Crippen MR) is 114 cm³/mol. The van der Waals surface area contributed by atoms with Crippen molar-refractivity contribution in [1.29, 1.82) is 0 Å². The highest BCUT2D eigenvalue weighted by atomic mass is 127. The third-order valence-corrected chi connectivity index (χ3v) is 4.07. The molecule has 0 aliphatic carbocycles. The Morgan fingerprint density at radius 2 is 2.23 bits per heavy atom. The Kier molecular flexibility index (Phi) is 11.3. The molecule has 1 aromatic carbocycles. The molecule has 26 heavy (non-hydrogen) atoms. The van der Waals surface area contributed by atoms with Gasteiger partial charge in [0.15, 0.2) is 5.96 Å². The van der Waals surface area contributed by atoms with E-state index in [1.54, 1.807) is 19.2 Å². The first kappa shape index (κ1) is 22.7. The van der Waals surface area contributed by atoms with Gasteiger partial charge in [0.25, 0.3) is 0 Å². The molecule has 0 spiro atoms. The summed E-state index contributed by atoms with van der Waals surface area (Å²) < 4.78 is 24.4. The van der Waals surface area contributed by atoms with E-state index in [4.69, 9.17) is 9.47 Å². The number of hydrogen-bond donors (Lipinski definition) is 2. The summed E-state index contributed by atoms with van der Waals surface area (Å²) in [4.78, 5) is 4.23. The molecule has 2 N–H and O–H groups in total. The molecule has 7 heteroatoms. The summed E-state index contributed by atoms with van der Waals surface area (Å²) in [5.74, 6) is 0.997. The molecule has 1 aromatic rings. The maximum atomic E-state index is 13.2. The summed E-state index contributed by atoms with van der Waals surface area (Å²) in [7, 11) is 1.75. The minimum Gasteiger partial charge on any atom is -0.489 e. The molecule has 1 atom stereocenters. The van der Waals surface area contributed by atoms with Crippen LogP contribution >= 0.6 is 24.0 Å². The Morgan fingerprint density at radius 1 is 1.38 bits per heavy atom. The summed E-state index contributed by atoms with van der Waals surface area (Å²) in [5, 5.41) is 6.58. The molecule has 0 saturated heterocycles. The average Bonchev–Trinajstić information content (AvgIpc) is 2.64. The van der Waals surface area contributed by atoms with Crippen LogP contribution in [0.5, 0.6) is 5.75 Å². The largest absolute Gasteiger partial charge is 0.489 e. The maximum absolute atomic E-state index is 13.2. The van der Waals surface area contributed by atoms with E-state index in [1.807, 2.05) is 6.92 Å². The second kappa shape index (κ2) is 12.9. The molecule has 0 saturated carbocycles. The summed E-state index contributed by atoms with van der Waals surface area (Å²) in [6.45, 7) is 5.00. The fraction of sp³-hybridized carbons (Fsp3) is 0.526. The summed E-state index contributed by atoms with van der Waals surface area (Å²) in [6.07, 6.45) is 4.90. The summed E-state index contributed by atoms with van der Waals surface area (Å²) in [6, 6.07) is 6.22. The lowest BCUT2D eigenvalue weighted by molar-refractivity contribution is 0.153. The lowest BCUT2D eigenvalue weighted by Crippen LogP contribution is -2.42. The Hall–Kier alpha value is -1.35. The number of hydrogen-bond acceptors (Lipinski definition) is 3. The highest BCUT2D eigenvalue weighted by Gasteiger charge is 2.10. The number of nitrogens with zero attached hydrogens (tertiary/aromatic N) is 1. The number of halogens is 2. The first-order chi connectivity index (χ1) is 12.2. The van der Waals surface area contributed by atoms with Gasteiger partial charge in [0.2, 0.25) is 0 Å². The van der Waals surface area contributed by atoms with E-state index in [9.17, 15) is 4.39 Å². The van der Waals surface area contributed by atoms with Crippen molar-refractivity contribution in [3.05, 3.63) is 41.7 Å². The van der Waals surface area contributed by atoms with E-state index < -0.39 is 0 Å². The van der Waals surface area contributed by atoms with Crippen LogP contribution in [0.25, 0.3) is 0 Å². The molecular weight excluding hydrogens is 448 g/mol. The highest BCUT2D eigenvalue weighted by molar-refractivity contribution is 14.0. The lowest BCUT2D eigenvalue weighted by atomic mass is 10.1. The van der Waals surface area contributed by atoms with Gasteiger partial charge >= 0.3 is 0 Å². The molecule has 1 aliphatic rings. The van der Waals surface area contributed by atoms with E-state index in [0.29, 0.717) is 12.3 Å². The van der Waals surface area contributed by atoms with Crippen molar-refractivity contribution >= 4 is 29.9 Å². The molecule has 1 aliphatic heterocycles. The van der Waals surface area contributed by atoms with Crippen LogP contribution in [0, 0.1) is 5.82 Å². The van der Waals surface area contributed by atoms with Crippen LogP contribution in [0.3, 0.4) is 0 Å². The van der Waals surface area contributed by atoms with Gasteiger partial charge in [0, 0.05) is 19.7 Å². The highest BCUT2D eigenvalue weighted by Crippen LogP contribution is 2.14. The fourth-order valence-electron chi connectivity index (χ4n) is 2.57. The second-order valence-electron chi connectivity index (χ2n) is 5.92. The molecule has 2 rings (SSSR count). The van der Waals surface area contributed by atoms with Gasteiger partial charge in [-0.1, -0.05) is 24.6 Å². The maximum Gasteiger partial charge on any atom is 0.191 e. The topological polar surface area (TPSA) is 54.9 Å². The Bertz CT molecular complexity index is 596. The van der Waals surface area contributed by atoms with Crippen molar-refractivity contribution in [2.24, 2.45) is 4.99 Å². The van der Waals surface area contributed by atoms with Gasteiger partial charge in [-0.25, -0.2) is 4.39 Å². The quantitative estimate of drug-likeness (QED) is 0.261. The van der Waals surface area contributed by atoms with E-state index in [-0.39, 0.29) is 35.9 Å². The van der Waals surface area contributed by atoms with E-state index in [2.05, 4.69) is 21.7 Å². The van der Waals surface area contributed by atoms with Gasteiger partial charge in [0.05, 0.1) is 19.8 Å². The van der Waals surface area contributed by atoms with Gasteiger partial charge in [-0.05, 0) is 31.4 Å². The summed E-state index contributed by atoms with van der Waals surface area (Å²) >= 11 is 0. The zero-order chi connectivity index (χ0) is 17.9. The Labute approximate surface area is 172 Å². The van der Waals surface area contributed by atoms with Crippen LogP contribution in [0.1, 0.15) is 26.2 Å². The lowest BCUT2D eigenvalue weighted by Gasteiger charge is -2.20. The van der Waals surface area contributed by atoms with E-state index in [0.717, 1.165) is 45.0 Å². The van der Waals surface area contributed by atoms with E-state index >= 15 is 0 Å². The van der Waals surface area contributed by atoms with Crippen molar-refractivity contribution in [3.8, 4) is 5.75 Å². The number of ether oxygens (including phenoxy) is 2.